The maximum absolute atomic E-state index is 11.3. The molecule has 0 aliphatic carbocycles. The summed E-state index contributed by atoms with van der Waals surface area (Å²) in [7, 11) is 1.38. The smallest absolute Gasteiger partial charge is 0.338 e. The van der Waals surface area contributed by atoms with Crippen LogP contribution in [0.2, 0.25) is 0 Å². The van der Waals surface area contributed by atoms with Crippen LogP contribution in [-0.4, -0.2) is 13.1 Å². The third kappa shape index (κ3) is 3.22. The number of methoxy groups -OCH3 is 1. The van der Waals surface area contributed by atoms with Crippen LogP contribution in [0.4, 0.5) is 0 Å². The zero-order chi connectivity index (χ0) is 10.7. The van der Waals surface area contributed by atoms with Crippen LogP contribution < -0.4 is 5.73 Å². The molecule has 1 rings (SSSR count). The lowest BCUT2D eigenvalue weighted by Gasteiger charge is -2.09. The number of halogens is 1. The van der Waals surface area contributed by atoms with Gasteiger partial charge in [0.25, 0.3) is 0 Å². The van der Waals surface area contributed by atoms with Crippen molar-refractivity contribution in [2.24, 2.45) is 5.73 Å². The van der Waals surface area contributed by atoms with Crippen molar-refractivity contribution in [1.29, 1.82) is 0 Å². The predicted octanol–water partition coefficient (Wildman–Crippen LogP) is 2.22. The van der Waals surface area contributed by atoms with E-state index in [0.29, 0.717) is 5.56 Å². The molecule has 0 fully saturated rings. The maximum Gasteiger partial charge on any atom is 0.338 e. The molecule has 0 spiro atoms. The standard InChI is InChI=1S/C11H15NO2.ClH/c1-7-6-9(8(2)12)4-5-10(7)11(13)14-3;/h4-6,8H,12H2,1-3H3;1H/t8-;/m1./s1. The van der Waals surface area contributed by atoms with Crippen LogP contribution in [0.25, 0.3) is 0 Å². The molecular formula is C11H16ClNO2. The minimum Gasteiger partial charge on any atom is -0.465 e. The molecule has 1 atom stereocenters. The van der Waals surface area contributed by atoms with Crippen molar-refractivity contribution in [3.8, 4) is 0 Å². The van der Waals surface area contributed by atoms with Crippen LogP contribution >= 0.6 is 12.4 Å². The summed E-state index contributed by atoms with van der Waals surface area (Å²) >= 11 is 0. The van der Waals surface area contributed by atoms with Crippen molar-refractivity contribution >= 4 is 18.4 Å². The SMILES string of the molecule is COC(=O)c1ccc([C@@H](C)N)cc1C.Cl. The number of nitrogens with two attached hydrogens (primary N) is 1. The van der Waals surface area contributed by atoms with E-state index in [2.05, 4.69) is 4.74 Å². The first-order valence-electron chi connectivity index (χ1n) is 4.50. The Hall–Kier alpha value is -1.06. The van der Waals surface area contributed by atoms with Crippen molar-refractivity contribution in [2.75, 3.05) is 7.11 Å². The van der Waals surface area contributed by atoms with Crippen LogP contribution in [0.1, 0.15) is 34.5 Å². The van der Waals surface area contributed by atoms with E-state index in [1.807, 2.05) is 26.0 Å². The van der Waals surface area contributed by atoms with Gasteiger partial charge in [0.2, 0.25) is 0 Å². The van der Waals surface area contributed by atoms with Gasteiger partial charge in [0.15, 0.2) is 0 Å². The molecule has 0 radical (unpaired) electrons. The zero-order valence-corrected chi connectivity index (χ0v) is 9.93. The van der Waals surface area contributed by atoms with E-state index in [1.54, 1.807) is 6.07 Å². The van der Waals surface area contributed by atoms with Gasteiger partial charge in [-0.05, 0) is 31.0 Å². The number of benzene rings is 1. The van der Waals surface area contributed by atoms with Gasteiger partial charge in [-0.15, -0.1) is 12.4 Å². The summed E-state index contributed by atoms with van der Waals surface area (Å²) in [5.41, 5.74) is 8.24. The van der Waals surface area contributed by atoms with E-state index < -0.39 is 0 Å². The second-order valence-electron chi connectivity index (χ2n) is 3.35. The van der Waals surface area contributed by atoms with Crippen LogP contribution in [-0.2, 0) is 4.74 Å². The third-order valence-electron chi connectivity index (χ3n) is 2.18. The molecule has 1 aromatic carbocycles. The zero-order valence-electron chi connectivity index (χ0n) is 9.11. The lowest BCUT2D eigenvalue weighted by molar-refractivity contribution is 0.0600. The third-order valence-corrected chi connectivity index (χ3v) is 2.18. The molecule has 0 saturated heterocycles. The molecule has 4 heteroatoms. The minimum atomic E-state index is -0.307. The summed E-state index contributed by atoms with van der Waals surface area (Å²) in [6.07, 6.45) is 0. The van der Waals surface area contributed by atoms with Crippen molar-refractivity contribution in [3.63, 3.8) is 0 Å². The van der Waals surface area contributed by atoms with Crippen LogP contribution in [0.3, 0.4) is 0 Å². The first kappa shape index (κ1) is 13.9. The van der Waals surface area contributed by atoms with Gasteiger partial charge in [0.05, 0.1) is 12.7 Å². The van der Waals surface area contributed by atoms with Gasteiger partial charge < -0.3 is 10.5 Å². The lowest BCUT2D eigenvalue weighted by Crippen LogP contribution is -2.08. The molecule has 1 aromatic rings. The minimum absolute atomic E-state index is 0. The summed E-state index contributed by atoms with van der Waals surface area (Å²) in [6, 6.07) is 5.50. The van der Waals surface area contributed by atoms with Crippen LogP contribution in [0, 0.1) is 6.92 Å². The first-order valence-corrected chi connectivity index (χ1v) is 4.50. The van der Waals surface area contributed by atoms with Gasteiger partial charge in [-0.1, -0.05) is 12.1 Å². The highest BCUT2D eigenvalue weighted by atomic mass is 35.5. The van der Waals surface area contributed by atoms with E-state index in [9.17, 15) is 4.79 Å². The number of carbonyl (C=O) groups is 1. The van der Waals surface area contributed by atoms with E-state index in [-0.39, 0.29) is 24.4 Å². The van der Waals surface area contributed by atoms with E-state index in [4.69, 9.17) is 5.73 Å². The number of aryl methyl sites for hydroxylation is 1. The number of carbonyl (C=O) groups excluding carboxylic acids is 1. The van der Waals surface area contributed by atoms with E-state index in [0.717, 1.165) is 11.1 Å². The molecular weight excluding hydrogens is 214 g/mol. The van der Waals surface area contributed by atoms with Crippen molar-refractivity contribution in [2.45, 2.75) is 19.9 Å². The highest BCUT2D eigenvalue weighted by molar-refractivity contribution is 5.91. The topological polar surface area (TPSA) is 52.3 Å². The van der Waals surface area contributed by atoms with E-state index in [1.165, 1.54) is 7.11 Å². The molecule has 84 valence electrons. The summed E-state index contributed by atoms with van der Waals surface area (Å²) in [5, 5.41) is 0. The highest BCUT2D eigenvalue weighted by Gasteiger charge is 2.10. The summed E-state index contributed by atoms with van der Waals surface area (Å²) in [4.78, 5) is 11.3. The van der Waals surface area contributed by atoms with Crippen molar-refractivity contribution in [3.05, 3.63) is 34.9 Å². The van der Waals surface area contributed by atoms with Gasteiger partial charge in [0, 0.05) is 6.04 Å². The molecule has 0 aliphatic rings. The fourth-order valence-corrected chi connectivity index (χ4v) is 1.31. The summed E-state index contributed by atoms with van der Waals surface area (Å²) in [6.45, 7) is 3.78. The van der Waals surface area contributed by atoms with Crippen LogP contribution in [0.15, 0.2) is 18.2 Å². The number of hydrogen-bond acceptors (Lipinski definition) is 3. The molecule has 15 heavy (non-hydrogen) atoms. The molecule has 0 heterocycles. The fourth-order valence-electron chi connectivity index (χ4n) is 1.31. The van der Waals surface area contributed by atoms with Gasteiger partial charge >= 0.3 is 5.97 Å². The van der Waals surface area contributed by atoms with Gasteiger partial charge in [0.1, 0.15) is 0 Å². The van der Waals surface area contributed by atoms with Crippen molar-refractivity contribution in [1.82, 2.24) is 0 Å². The molecule has 3 nitrogen and oxygen atoms in total. The quantitative estimate of drug-likeness (QED) is 0.792. The Bertz CT molecular complexity index is 350. The van der Waals surface area contributed by atoms with E-state index >= 15 is 0 Å². The number of esters is 1. The number of rotatable bonds is 2. The molecule has 0 bridgehead atoms. The molecule has 0 aliphatic heterocycles. The number of ether oxygens (including phenoxy) is 1. The Morgan fingerprint density at radius 2 is 2.07 bits per heavy atom. The monoisotopic (exact) mass is 229 g/mol. The van der Waals surface area contributed by atoms with Crippen molar-refractivity contribution < 1.29 is 9.53 Å². The second-order valence-corrected chi connectivity index (χ2v) is 3.35. The molecule has 0 unspecified atom stereocenters. The Kier molecular flexibility index (Phi) is 5.33. The maximum atomic E-state index is 11.3. The average molecular weight is 230 g/mol. The highest BCUT2D eigenvalue weighted by Crippen LogP contribution is 2.16. The average Bonchev–Trinajstić information content (AvgIpc) is 2.16. The first-order chi connectivity index (χ1) is 6.56. The summed E-state index contributed by atoms with van der Waals surface area (Å²) in [5.74, 6) is -0.307. The lowest BCUT2D eigenvalue weighted by atomic mass is 10.0. The fraction of sp³-hybridized carbons (Fsp3) is 0.364. The normalized spacial score (nSPS) is 11.5. The Morgan fingerprint density at radius 3 is 2.47 bits per heavy atom. The predicted molar refractivity (Wildman–Crippen MR) is 62.4 cm³/mol. The molecule has 2 N–H and O–H groups in total. The molecule has 0 saturated carbocycles. The van der Waals surface area contributed by atoms with Gasteiger partial charge in [-0.25, -0.2) is 4.79 Å². The van der Waals surface area contributed by atoms with Crippen LogP contribution in [0.5, 0.6) is 0 Å². The largest absolute Gasteiger partial charge is 0.465 e. The molecule has 0 aromatic heterocycles. The second kappa shape index (κ2) is 5.73. The summed E-state index contributed by atoms with van der Waals surface area (Å²) < 4.78 is 4.65. The molecule has 0 amide bonds. The van der Waals surface area contributed by atoms with Gasteiger partial charge in [-0.3, -0.25) is 0 Å². The Labute approximate surface area is 96.0 Å². The Balaban J connectivity index is 0.00000196. The van der Waals surface area contributed by atoms with Gasteiger partial charge in [-0.2, -0.15) is 0 Å². The Morgan fingerprint density at radius 1 is 1.47 bits per heavy atom. The number of hydrogen-bond donors (Lipinski definition) is 1.